The number of hydrogen-bond acceptors (Lipinski definition) is 4. The van der Waals surface area contributed by atoms with E-state index in [4.69, 9.17) is 9.47 Å². The predicted molar refractivity (Wildman–Crippen MR) is 104 cm³/mol. The molecule has 5 rings (SSSR count). The summed E-state index contributed by atoms with van der Waals surface area (Å²) in [6, 6.07) is 14.3. The maximum absolute atomic E-state index is 11.8. The molecule has 28 heavy (non-hydrogen) atoms. The van der Waals surface area contributed by atoms with Crippen LogP contribution in [0.4, 0.5) is 5.69 Å². The van der Waals surface area contributed by atoms with Gasteiger partial charge in [-0.05, 0) is 55.7 Å². The number of benzene rings is 2. The summed E-state index contributed by atoms with van der Waals surface area (Å²) in [7, 11) is 0. The topological polar surface area (TPSA) is 44.9 Å². The van der Waals surface area contributed by atoms with Gasteiger partial charge in [0.2, 0.25) is 0 Å². The molecule has 0 spiro atoms. The van der Waals surface area contributed by atoms with Gasteiger partial charge in [0.1, 0.15) is 18.9 Å². The molecule has 0 aromatic heterocycles. The number of rotatable bonds is 2. The molecule has 3 heterocycles. The predicted octanol–water partition coefficient (Wildman–Crippen LogP) is 0.0304. The first-order chi connectivity index (χ1) is 13.1. The lowest BCUT2D eigenvalue weighted by Gasteiger charge is -2.26. The first-order valence-electron chi connectivity index (χ1n) is 9.75. The van der Waals surface area contributed by atoms with Gasteiger partial charge < -0.3 is 31.6 Å². The third kappa shape index (κ3) is 3.08. The van der Waals surface area contributed by atoms with Crippen molar-refractivity contribution in [2.75, 3.05) is 31.2 Å². The smallest absolute Gasteiger partial charge is 0.271 e. The Bertz CT molecular complexity index is 930. The van der Waals surface area contributed by atoms with Crippen LogP contribution in [-0.2, 0) is 5.72 Å². The molecular formula is C22H25BrN2O3. The minimum Gasteiger partial charge on any atom is -1.00 e. The van der Waals surface area contributed by atoms with Crippen molar-refractivity contribution in [1.29, 1.82) is 0 Å². The van der Waals surface area contributed by atoms with Crippen LogP contribution in [0.15, 0.2) is 42.5 Å². The van der Waals surface area contributed by atoms with E-state index in [1.54, 1.807) is 0 Å². The highest BCUT2D eigenvalue weighted by Crippen LogP contribution is 2.39. The number of nitrogens with zero attached hydrogens (tertiary/aromatic N) is 2. The standard InChI is InChI=1S/C22H25N2O3.BrH/c1-16-5-4-6-18(13-16)23-15-22(25,24-10-3-2-7-21(23)24)17-8-9-19-20(14-17)27-12-11-26-19;/h4-6,8-9,13-14,25H,2-3,7,10-12,15H2,1H3;1H/q+1;/p-1. The summed E-state index contributed by atoms with van der Waals surface area (Å²) >= 11 is 0. The van der Waals surface area contributed by atoms with Crippen LogP contribution >= 0.6 is 0 Å². The summed E-state index contributed by atoms with van der Waals surface area (Å²) in [5.41, 5.74) is 2.17. The summed E-state index contributed by atoms with van der Waals surface area (Å²) in [5.74, 6) is 2.69. The van der Waals surface area contributed by atoms with Crippen LogP contribution in [0.2, 0.25) is 0 Å². The van der Waals surface area contributed by atoms with Crippen LogP contribution in [0.5, 0.6) is 11.5 Å². The maximum Gasteiger partial charge on any atom is 0.271 e. The van der Waals surface area contributed by atoms with Gasteiger partial charge in [0.05, 0.1) is 6.54 Å². The van der Waals surface area contributed by atoms with Gasteiger partial charge >= 0.3 is 0 Å². The van der Waals surface area contributed by atoms with Crippen LogP contribution in [0.3, 0.4) is 0 Å². The van der Waals surface area contributed by atoms with Crippen LogP contribution in [0.25, 0.3) is 0 Å². The first kappa shape index (κ1) is 19.3. The molecule has 0 fully saturated rings. The fraction of sp³-hybridized carbons (Fsp3) is 0.409. The summed E-state index contributed by atoms with van der Waals surface area (Å²) in [4.78, 5) is 2.28. The molecule has 0 saturated carbocycles. The van der Waals surface area contributed by atoms with Gasteiger partial charge in [-0.15, -0.1) is 0 Å². The Morgan fingerprint density at radius 2 is 1.86 bits per heavy atom. The average molecular weight is 445 g/mol. The number of aryl methyl sites for hydroxylation is 1. The van der Waals surface area contributed by atoms with Gasteiger partial charge in [-0.3, -0.25) is 0 Å². The Morgan fingerprint density at radius 3 is 2.68 bits per heavy atom. The Hall–Kier alpha value is -2.05. The van der Waals surface area contributed by atoms with Crippen molar-refractivity contribution in [2.45, 2.75) is 31.9 Å². The molecule has 148 valence electrons. The highest BCUT2D eigenvalue weighted by molar-refractivity contribution is 5.96. The molecule has 6 heteroatoms. The van der Waals surface area contributed by atoms with Gasteiger partial charge in [-0.2, -0.15) is 0 Å². The van der Waals surface area contributed by atoms with Gasteiger partial charge in [0.25, 0.3) is 11.6 Å². The Morgan fingerprint density at radius 1 is 1.04 bits per heavy atom. The van der Waals surface area contributed by atoms with Gasteiger partial charge in [-0.1, -0.05) is 12.1 Å². The van der Waals surface area contributed by atoms with E-state index in [1.165, 1.54) is 11.4 Å². The van der Waals surface area contributed by atoms with E-state index in [1.807, 2.05) is 18.2 Å². The van der Waals surface area contributed by atoms with Crippen LogP contribution in [-0.4, -0.2) is 41.8 Å². The summed E-state index contributed by atoms with van der Waals surface area (Å²) < 4.78 is 13.6. The quantitative estimate of drug-likeness (QED) is 0.663. The lowest BCUT2D eigenvalue weighted by molar-refractivity contribution is -0.661. The molecule has 0 amide bonds. The zero-order valence-corrected chi connectivity index (χ0v) is 17.6. The maximum atomic E-state index is 11.8. The van der Waals surface area contributed by atoms with Crippen molar-refractivity contribution in [3.05, 3.63) is 53.6 Å². The number of fused-ring (bicyclic) bond motifs is 1. The van der Waals surface area contributed by atoms with Crippen molar-refractivity contribution in [3.8, 4) is 11.5 Å². The van der Waals surface area contributed by atoms with E-state index < -0.39 is 5.72 Å². The van der Waals surface area contributed by atoms with Gasteiger partial charge in [0.15, 0.2) is 18.0 Å². The normalized spacial score (nSPS) is 23.3. The molecule has 3 aliphatic heterocycles. The van der Waals surface area contributed by atoms with Crippen molar-refractivity contribution < 1.29 is 36.1 Å². The number of β-amino-alcohol motifs (C(OH)–C–C–N with tert-alkyl or cyclic N) is 1. The molecular weight excluding hydrogens is 420 g/mol. The van der Waals surface area contributed by atoms with E-state index >= 15 is 0 Å². The zero-order valence-electron chi connectivity index (χ0n) is 16.0. The third-order valence-electron chi connectivity index (χ3n) is 5.80. The summed E-state index contributed by atoms with van der Waals surface area (Å²) in [5, 5.41) is 11.8. The third-order valence-corrected chi connectivity index (χ3v) is 5.80. The number of aliphatic hydroxyl groups is 1. The van der Waals surface area contributed by atoms with Gasteiger partial charge in [-0.25, -0.2) is 9.48 Å². The molecule has 1 unspecified atom stereocenters. The molecule has 0 saturated heterocycles. The molecule has 3 aliphatic rings. The summed E-state index contributed by atoms with van der Waals surface area (Å²) in [6.45, 7) is 4.61. The molecule has 1 N–H and O–H groups in total. The fourth-order valence-electron chi connectivity index (χ4n) is 4.47. The van der Waals surface area contributed by atoms with Crippen LogP contribution in [0.1, 0.15) is 30.4 Å². The minimum absolute atomic E-state index is 0. The number of amidine groups is 1. The second-order valence-electron chi connectivity index (χ2n) is 7.63. The summed E-state index contributed by atoms with van der Waals surface area (Å²) in [6.07, 6.45) is 3.24. The van der Waals surface area contributed by atoms with E-state index in [-0.39, 0.29) is 17.0 Å². The number of ether oxygens (including phenoxy) is 2. The molecule has 0 bridgehead atoms. The van der Waals surface area contributed by atoms with Crippen molar-refractivity contribution >= 4 is 11.5 Å². The fourth-order valence-corrected chi connectivity index (χ4v) is 4.47. The molecule has 2 aromatic rings. The molecule has 0 radical (unpaired) electrons. The van der Waals surface area contributed by atoms with E-state index in [0.717, 1.165) is 48.6 Å². The van der Waals surface area contributed by atoms with Crippen molar-refractivity contribution in [2.24, 2.45) is 0 Å². The lowest BCUT2D eigenvalue weighted by Crippen LogP contribution is -3.00. The van der Waals surface area contributed by atoms with E-state index in [0.29, 0.717) is 19.8 Å². The number of anilines is 1. The molecule has 5 nitrogen and oxygen atoms in total. The Balaban J connectivity index is 0.00000192. The Labute approximate surface area is 176 Å². The molecule has 2 aromatic carbocycles. The second-order valence-corrected chi connectivity index (χ2v) is 7.63. The molecule has 1 atom stereocenters. The molecule has 0 aliphatic carbocycles. The average Bonchev–Trinajstić information content (AvgIpc) is 3.02. The highest BCUT2D eigenvalue weighted by atomic mass is 79.9. The van der Waals surface area contributed by atoms with Gasteiger partial charge in [0, 0.05) is 12.0 Å². The second kappa shape index (κ2) is 7.41. The van der Waals surface area contributed by atoms with Crippen LogP contribution < -0.4 is 31.4 Å². The van der Waals surface area contributed by atoms with Crippen molar-refractivity contribution in [1.82, 2.24) is 0 Å². The Kier molecular flexibility index (Phi) is 5.10. The van der Waals surface area contributed by atoms with Crippen LogP contribution in [0, 0.1) is 6.92 Å². The monoisotopic (exact) mass is 444 g/mol. The SMILES string of the molecule is Cc1cccc(N2CC(O)(c3ccc4c(c3)OCCO4)[N+]3=C2CCCC3)c1.[Br-]. The van der Waals surface area contributed by atoms with E-state index in [2.05, 4.69) is 40.7 Å². The highest BCUT2D eigenvalue weighted by Gasteiger charge is 2.52. The largest absolute Gasteiger partial charge is 1.00 e. The minimum atomic E-state index is -1.06. The lowest BCUT2D eigenvalue weighted by atomic mass is 10.0. The van der Waals surface area contributed by atoms with Crippen molar-refractivity contribution in [3.63, 3.8) is 0 Å². The first-order valence-corrected chi connectivity index (χ1v) is 9.75. The zero-order chi connectivity index (χ0) is 18.4. The number of halogens is 1. The number of hydrogen-bond donors (Lipinski definition) is 1. The van der Waals surface area contributed by atoms with E-state index in [9.17, 15) is 5.11 Å².